The fourth-order valence-electron chi connectivity index (χ4n) is 1.45. The number of aromatic nitrogens is 2. The summed E-state index contributed by atoms with van der Waals surface area (Å²) in [4.78, 5) is 11.0. The Morgan fingerprint density at radius 2 is 2.12 bits per heavy atom. The fraction of sp³-hybridized carbons (Fsp3) is 0.167. The second-order valence-electron chi connectivity index (χ2n) is 3.55. The molecule has 1 aromatic heterocycles. The molecule has 4 nitrogen and oxygen atoms in total. The molecule has 2 N–H and O–H groups in total. The van der Waals surface area contributed by atoms with Crippen molar-refractivity contribution in [3.63, 3.8) is 0 Å². The number of nitrogens with zero attached hydrogens (tertiary/aromatic N) is 1. The van der Waals surface area contributed by atoms with E-state index in [1.807, 2.05) is 36.4 Å². The molecule has 0 aliphatic rings. The van der Waals surface area contributed by atoms with Gasteiger partial charge in [0.05, 0.1) is 17.9 Å². The van der Waals surface area contributed by atoms with E-state index in [9.17, 15) is 4.79 Å². The van der Waals surface area contributed by atoms with Crippen LogP contribution >= 0.6 is 11.6 Å². The van der Waals surface area contributed by atoms with E-state index >= 15 is 0 Å². The van der Waals surface area contributed by atoms with Crippen LogP contribution in [0.5, 0.6) is 0 Å². The Labute approximate surface area is 104 Å². The van der Waals surface area contributed by atoms with Gasteiger partial charge in [0, 0.05) is 5.56 Å². The van der Waals surface area contributed by atoms with E-state index in [4.69, 9.17) is 11.6 Å². The molecule has 1 amide bonds. The maximum absolute atomic E-state index is 11.0. The highest BCUT2D eigenvalue weighted by molar-refractivity contribution is 6.27. The topological polar surface area (TPSA) is 57.8 Å². The molecule has 0 spiro atoms. The third-order valence-electron chi connectivity index (χ3n) is 2.30. The van der Waals surface area contributed by atoms with Gasteiger partial charge in [-0.2, -0.15) is 5.10 Å². The van der Waals surface area contributed by atoms with Crippen molar-refractivity contribution < 1.29 is 4.79 Å². The van der Waals surface area contributed by atoms with Gasteiger partial charge in [-0.15, -0.1) is 11.6 Å². The van der Waals surface area contributed by atoms with Crippen molar-refractivity contribution in [1.29, 1.82) is 0 Å². The molecule has 17 heavy (non-hydrogen) atoms. The Morgan fingerprint density at radius 3 is 2.82 bits per heavy atom. The maximum atomic E-state index is 11.0. The summed E-state index contributed by atoms with van der Waals surface area (Å²) in [6, 6.07) is 11.7. The summed E-state index contributed by atoms with van der Waals surface area (Å²) in [6.07, 6.45) is 0. The second kappa shape index (κ2) is 5.50. The van der Waals surface area contributed by atoms with Gasteiger partial charge >= 0.3 is 0 Å². The molecule has 0 aliphatic heterocycles. The van der Waals surface area contributed by atoms with Crippen LogP contribution in [0.4, 0.5) is 0 Å². The summed E-state index contributed by atoms with van der Waals surface area (Å²) < 4.78 is 0. The lowest BCUT2D eigenvalue weighted by Gasteiger charge is -1.98. The predicted molar refractivity (Wildman–Crippen MR) is 66.6 cm³/mol. The molecule has 2 rings (SSSR count). The Kier molecular flexibility index (Phi) is 3.77. The molecule has 1 heterocycles. The highest BCUT2D eigenvalue weighted by Gasteiger charge is 2.04. The van der Waals surface area contributed by atoms with E-state index in [2.05, 4.69) is 15.5 Å². The number of halogens is 1. The molecule has 2 aromatic rings. The molecule has 1 aromatic carbocycles. The zero-order valence-electron chi connectivity index (χ0n) is 9.11. The molecule has 88 valence electrons. The summed E-state index contributed by atoms with van der Waals surface area (Å²) in [5.74, 6) is -0.220. The quantitative estimate of drug-likeness (QED) is 0.814. The molecule has 0 fully saturated rings. The molecule has 0 aliphatic carbocycles. The highest BCUT2D eigenvalue weighted by atomic mass is 35.5. The maximum Gasteiger partial charge on any atom is 0.235 e. The second-order valence-corrected chi connectivity index (χ2v) is 3.82. The number of alkyl halides is 1. The van der Waals surface area contributed by atoms with Crippen LogP contribution in [-0.4, -0.2) is 22.0 Å². The monoisotopic (exact) mass is 249 g/mol. The normalized spacial score (nSPS) is 10.2. The molecular weight excluding hydrogens is 238 g/mol. The minimum atomic E-state index is -0.192. The van der Waals surface area contributed by atoms with Crippen LogP contribution in [0.25, 0.3) is 11.3 Å². The number of carbonyl (C=O) groups is 1. The number of rotatable bonds is 4. The van der Waals surface area contributed by atoms with E-state index in [0.717, 1.165) is 17.0 Å². The first-order valence-corrected chi connectivity index (χ1v) is 5.75. The Bertz CT molecular complexity index is 495. The van der Waals surface area contributed by atoms with Crippen molar-refractivity contribution in [2.45, 2.75) is 6.54 Å². The first-order chi connectivity index (χ1) is 8.29. The van der Waals surface area contributed by atoms with Crippen LogP contribution in [0.3, 0.4) is 0 Å². The number of benzene rings is 1. The highest BCUT2D eigenvalue weighted by Crippen LogP contribution is 2.16. The summed E-state index contributed by atoms with van der Waals surface area (Å²) in [5.41, 5.74) is 2.75. The van der Waals surface area contributed by atoms with Crippen LogP contribution in [0.1, 0.15) is 5.69 Å². The van der Waals surface area contributed by atoms with Crippen LogP contribution in [0.15, 0.2) is 36.4 Å². The molecule has 0 radical (unpaired) electrons. The van der Waals surface area contributed by atoms with E-state index in [0.29, 0.717) is 6.54 Å². The lowest BCUT2D eigenvalue weighted by Crippen LogP contribution is -2.23. The van der Waals surface area contributed by atoms with Crippen LogP contribution < -0.4 is 5.32 Å². The van der Waals surface area contributed by atoms with Gasteiger partial charge in [0.1, 0.15) is 5.88 Å². The van der Waals surface area contributed by atoms with E-state index in [1.54, 1.807) is 0 Å². The van der Waals surface area contributed by atoms with E-state index < -0.39 is 0 Å². The minimum Gasteiger partial charge on any atom is -0.349 e. The average Bonchev–Trinajstić information content (AvgIpc) is 2.86. The van der Waals surface area contributed by atoms with Crippen LogP contribution in [-0.2, 0) is 11.3 Å². The molecule has 0 saturated heterocycles. The van der Waals surface area contributed by atoms with Crippen molar-refractivity contribution in [2.24, 2.45) is 0 Å². The number of nitrogens with one attached hydrogen (secondary N) is 2. The third-order valence-corrected chi connectivity index (χ3v) is 2.54. The molecule has 0 unspecified atom stereocenters. The lowest BCUT2D eigenvalue weighted by atomic mass is 10.1. The molecular formula is C12H12ClN3O. The van der Waals surface area contributed by atoms with Gasteiger partial charge in [-0.1, -0.05) is 30.3 Å². The van der Waals surface area contributed by atoms with Gasteiger partial charge < -0.3 is 5.32 Å². The summed E-state index contributed by atoms with van der Waals surface area (Å²) in [7, 11) is 0. The number of hydrogen-bond donors (Lipinski definition) is 2. The zero-order chi connectivity index (χ0) is 12.1. The smallest absolute Gasteiger partial charge is 0.235 e. The minimum absolute atomic E-state index is 0.0281. The van der Waals surface area contributed by atoms with Gasteiger partial charge in [-0.25, -0.2) is 0 Å². The average molecular weight is 250 g/mol. The van der Waals surface area contributed by atoms with E-state index in [1.165, 1.54) is 0 Å². The summed E-state index contributed by atoms with van der Waals surface area (Å²) in [6.45, 7) is 0.408. The molecule has 0 bridgehead atoms. The van der Waals surface area contributed by atoms with Gasteiger partial charge in [0.25, 0.3) is 0 Å². The zero-order valence-corrected chi connectivity index (χ0v) is 9.87. The Hall–Kier alpha value is -1.81. The largest absolute Gasteiger partial charge is 0.349 e. The summed E-state index contributed by atoms with van der Waals surface area (Å²) >= 11 is 5.38. The molecule has 0 saturated carbocycles. The van der Waals surface area contributed by atoms with Gasteiger partial charge in [-0.05, 0) is 6.07 Å². The first-order valence-electron chi connectivity index (χ1n) is 5.22. The van der Waals surface area contributed by atoms with Crippen LogP contribution in [0, 0.1) is 0 Å². The number of amides is 1. The van der Waals surface area contributed by atoms with Crippen molar-refractivity contribution in [3.8, 4) is 11.3 Å². The van der Waals surface area contributed by atoms with Crippen molar-refractivity contribution in [3.05, 3.63) is 42.1 Å². The Morgan fingerprint density at radius 1 is 1.35 bits per heavy atom. The van der Waals surface area contributed by atoms with Crippen molar-refractivity contribution in [2.75, 3.05) is 5.88 Å². The van der Waals surface area contributed by atoms with Crippen LogP contribution in [0.2, 0.25) is 0 Å². The third kappa shape index (κ3) is 3.07. The number of carbonyl (C=O) groups excluding carboxylic acids is 1. The first kappa shape index (κ1) is 11.7. The van der Waals surface area contributed by atoms with Gasteiger partial charge in [-0.3, -0.25) is 9.89 Å². The van der Waals surface area contributed by atoms with Gasteiger partial charge in [0.2, 0.25) is 5.91 Å². The van der Waals surface area contributed by atoms with Gasteiger partial charge in [0.15, 0.2) is 0 Å². The SMILES string of the molecule is O=C(CCl)NCc1cc(-c2ccccc2)n[nH]1. The standard InChI is InChI=1S/C12H12ClN3O/c13-7-12(17)14-8-10-6-11(16-15-10)9-4-2-1-3-5-9/h1-6H,7-8H2,(H,14,17)(H,15,16). The number of aromatic amines is 1. The molecule has 5 heteroatoms. The lowest BCUT2D eigenvalue weighted by molar-refractivity contribution is -0.118. The number of H-pyrrole nitrogens is 1. The predicted octanol–water partition coefficient (Wildman–Crippen LogP) is 1.93. The summed E-state index contributed by atoms with van der Waals surface area (Å²) in [5, 5.41) is 9.73. The van der Waals surface area contributed by atoms with Crippen molar-refractivity contribution >= 4 is 17.5 Å². The Balaban J connectivity index is 2.04. The van der Waals surface area contributed by atoms with E-state index in [-0.39, 0.29) is 11.8 Å². The fourth-order valence-corrected chi connectivity index (χ4v) is 1.54. The van der Waals surface area contributed by atoms with Crippen molar-refractivity contribution in [1.82, 2.24) is 15.5 Å². The number of hydrogen-bond acceptors (Lipinski definition) is 2. The molecule has 0 atom stereocenters.